The molecular formula is C33H48O4S. The van der Waals surface area contributed by atoms with Gasteiger partial charge >= 0.3 is 5.97 Å². The van der Waals surface area contributed by atoms with Crippen LogP contribution in [0.4, 0.5) is 0 Å². The van der Waals surface area contributed by atoms with Crippen molar-refractivity contribution in [2.75, 3.05) is 12.9 Å². The van der Waals surface area contributed by atoms with Crippen molar-refractivity contribution in [2.45, 2.75) is 105 Å². The second-order valence-electron chi connectivity index (χ2n) is 12.0. The molecule has 0 radical (unpaired) electrons. The zero-order chi connectivity index (χ0) is 28.8. The van der Waals surface area contributed by atoms with E-state index < -0.39 is 11.0 Å². The van der Waals surface area contributed by atoms with Gasteiger partial charge in [-0.2, -0.15) is 0 Å². The molecule has 1 aromatic carbocycles. The highest BCUT2D eigenvalue weighted by Gasteiger charge is 2.42. The number of hydrogen-bond acceptors (Lipinski definition) is 5. The SMILES string of the molecule is CCCCCCSc1c(C)cc(C(=O)C=CC2C(OC)=C(C)C(C(=O)OC(C)(C)C)=C(C)C2(C)C)cc1C. The van der Waals surface area contributed by atoms with Gasteiger partial charge in [0.05, 0.1) is 12.7 Å². The number of carbonyl (C=O) groups excluding carboxylic acids is 2. The first kappa shape index (κ1) is 31.9. The van der Waals surface area contributed by atoms with E-state index in [4.69, 9.17) is 9.47 Å². The maximum Gasteiger partial charge on any atom is 0.339 e. The Morgan fingerprint density at radius 2 is 1.63 bits per heavy atom. The molecule has 4 nitrogen and oxygen atoms in total. The molecule has 0 saturated heterocycles. The first-order chi connectivity index (χ1) is 17.7. The van der Waals surface area contributed by atoms with Gasteiger partial charge in [-0.3, -0.25) is 4.79 Å². The molecule has 0 aromatic heterocycles. The molecule has 1 aliphatic carbocycles. The van der Waals surface area contributed by atoms with Gasteiger partial charge in [0.2, 0.25) is 0 Å². The summed E-state index contributed by atoms with van der Waals surface area (Å²) in [5.41, 5.74) is 4.20. The first-order valence-electron chi connectivity index (χ1n) is 13.8. The number of rotatable bonds is 11. The summed E-state index contributed by atoms with van der Waals surface area (Å²) in [5, 5.41) is 0. The molecule has 0 fully saturated rings. The van der Waals surface area contributed by atoms with Gasteiger partial charge in [-0.05, 0) is 95.4 Å². The van der Waals surface area contributed by atoms with E-state index in [-0.39, 0.29) is 17.7 Å². The lowest BCUT2D eigenvalue weighted by Crippen LogP contribution is -2.35. The van der Waals surface area contributed by atoms with E-state index >= 15 is 0 Å². The third-order valence-corrected chi connectivity index (χ3v) is 8.82. The van der Waals surface area contributed by atoms with E-state index in [9.17, 15) is 9.59 Å². The van der Waals surface area contributed by atoms with Crippen LogP contribution in [0.25, 0.3) is 0 Å². The Hall–Kier alpha value is -2.27. The van der Waals surface area contributed by atoms with Gasteiger partial charge in [0.1, 0.15) is 11.4 Å². The minimum Gasteiger partial charge on any atom is -0.500 e. The van der Waals surface area contributed by atoms with Crippen molar-refractivity contribution in [1.82, 2.24) is 0 Å². The number of aryl methyl sites for hydroxylation is 2. The van der Waals surface area contributed by atoms with Crippen molar-refractivity contribution in [2.24, 2.45) is 11.3 Å². The average molecular weight is 541 g/mol. The summed E-state index contributed by atoms with van der Waals surface area (Å²) < 4.78 is 11.5. The predicted octanol–water partition coefficient (Wildman–Crippen LogP) is 8.95. The highest BCUT2D eigenvalue weighted by Crippen LogP contribution is 2.48. The standard InChI is InChI=1S/C33H48O4S/c1-12-13-14-15-18-38-30-21(2)19-25(20-22(30)3)27(34)17-16-26-29(36-11)23(4)28(24(5)33(26,9)10)31(35)37-32(6,7)8/h16-17,19-20,26H,12-15,18H2,1-11H3. The topological polar surface area (TPSA) is 52.6 Å². The van der Waals surface area contributed by atoms with Crippen LogP contribution in [-0.4, -0.2) is 30.2 Å². The fourth-order valence-electron chi connectivity index (χ4n) is 5.07. The van der Waals surface area contributed by atoms with Crippen LogP contribution in [0.5, 0.6) is 0 Å². The largest absolute Gasteiger partial charge is 0.500 e. The summed E-state index contributed by atoms with van der Waals surface area (Å²) in [6, 6.07) is 4.01. The van der Waals surface area contributed by atoms with Crippen LogP contribution >= 0.6 is 11.8 Å². The molecule has 1 unspecified atom stereocenters. The number of esters is 1. The van der Waals surface area contributed by atoms with Gasteiger partial charge < -0.3 is 9.47 Å². The first-order valence-corrected chi connectivity index (χ1v) is 14.8. The van der Waals surface area contributed by atoms with E-state index in [1.807, 2.05) is 64.6 Å². The molecule has 38 heavy (non-hydrogen) atoms. The van der Waals surface area contributed by atoms with Crippen molar-refractivity contribution in [3.8, 4) is 0 Å². The second kappa shape index (κ2) is 13.2. The summed E-state index contributed by atoms with van der Waals surface area (Å²) in [6.07, 6.45) is 8.61. The average Bonchev–Trinajstić information content (AvgIpc) is 2.80. The monoisotopic (exact) mass is 540 g/mol. The van der Waals surface area contributed by atoms with Crippen LogP contribution < -0.4 is 0 Å². The Morgan fingerprint density at radius 3 is 2.16 bits per heavy atom. The summed E-state index contributed by atoms with van der Waals surface area (Å²) in [5.74, 6) is 1.23. The minimum atomic E-state index is -0.593. The van der Waals surface area contributed by atoms with E-state index in [2.05, 4.69) is 34.6 Å². The zero-order valence-electron chi connectivity index (χ0n) is 25.5. The molecule has 2 rings (SSSR count). The van der Waals surface area contributed by atoms with E-state index in [1.165, 1.54) is 30.6 Å². The molecule has 1 atom stereocenters. The molecule has 1 aliphatic rings. The van der Waals surface area contributed by atoms with Gasteiger partial charge in [-0.25, -0.2) is 4.79 Å². The molecule has 0 amide bonds. The second-order valence-corrected chi connectivity index (χ2v) is 13.1. The molecule has 0 saturated carbocycles. The molecule has 0 aliphatic heterocycles. The van der Waals surface area contributed by atoms with Crippen molar-refractivity contribution in [3.63, 3.8) is 0 Å². The molecule has 5 heteroatoms. The molecule has 0 bridgehead atoms. The number of benzene rings is 1. The fraction of sp³-hybridized carbons (Fsp3) is 0.576. The maximum absolute atomic E-state index is 13.3. The summed E-state index contributed by atoms with van der Waals surface area (Å²) in [7, 11) is 1.62. The Morgan fingerprint density at radius 1 is 1.03 bits per heavy atom. The molecule has 210 valence electrons. The number of methoxy groups -OCH3 is 1. The summed E-state index contributed by atoms with van der Waals surface area (Å²) >= 11 is 1.89. The number of ketones is 1. The lowest BCUT2D eigenvalue weighted by Gasteiger charge is -2.40. The van der Waals surface area contributed by atoms with Crippen molar-refractivity contribution in [1.29, 1.82) is 0 Å². The van der Waals surface area contributed by atoms with Crippen LogP contribution in [0.2, 0.25) is 0 Å². The molecule has 0 spiro atoms. The highest BCUT2D eigenvalue weighted by molar-refractivity contribution is 7.99. The van der Waals surface area contributed by atoms with E-state index in [0.717, 1.165) is 28.0 Å². The molecule has 1 aromatic rings. The third kappa shape index (κ3) is 7.65. The zero-order valence-corrected chi connectivity index (χ0v) is 26.3. The summed E-state index contributed by atoms with van der Waals surface area (Å²) in [4.78, 5) is 27.7. The third-order valence-electron chi connectivity index (χ3n) is 7.40. The number of hydrogen-bond donors (Lipinski definition) is 0. The number of allylic oxidation sites excluding steroid dienone is 3. The van der Waals surface area contributed by atoms with Crippen LogP contribution in [-0.2, 0) is 14.3 Å². The molecule has 0 heterocycles. The highest BCUT2D eigenvalue weighted by atomic mass is 32.2. The van der Waals surface area contributed by atoms with Crippen LogP contribution in [0.15, 0.2) is 51.7 Å². The Kier molecular flexibility index (Phi) is 11.1. The van der Waals surface area contributed by atoms with Gasteiger partial charge in [-0.15, -0.1) is 11.8 Å². The Labute approximate surface area is 235 Å². The lowest BCUT2D eigenvalue weighted by atomic mass is 9.66. The molecular weight excluding hydrogens is 492 g/mol. The minimum absolute atomic E-state index is 0.0285. The van der Waals surface area contributed by atoms with Crippen molar-refractivity contribution in [3.05, 3.63) is 63.5 Å². The number of carbonyl (C=O) groups is 2. The maximum atomic E-state index is 13.3. The van der Waals surface area contributed by atoms with Crippen LogP contribution in [0.3, 0.4) is 0 Å². The number of unbranched alkanes of at least 4 members (excludes halogenated alkanes) is 3. The number of ether oxygens (including phenoxy) is 2. The smallest absolute Gasteiger partial charge is 0.339 e. The summed E-state index contributed by atoms with van der Waals surface area (Å²) in [6.45, 7) is 20.0. The van der Waals surface area contributed by atoms with Crippen LogP contribution in [0.1, 0.15) is 103 Å². The van der Waals surface area contributed by atoms with Gasteiger partial charge in [0, 0.05) is 21.9 Å². The van der Waals surface area contributed by atoms with Crippen molar-refractivity contribution < 1.29 is 19.1 Å². The van der Waals surface area contributed by atoms with Gasteiger partial charge in [0.15, 0.2) is 5.78 Å². The normalized spacial score (nSPS) is 17.8. The van der Waals surface area contributed by atoms with E-state index in [1.54, 1.807) is 13.2 Å². The fourth-order valence-corrected chi connectivity index (χ4v) is 6.19. The predicted molar refractivity (Wildman–Crippen MR) is 160 cm³/mol. The lowest BCUT2D eigenvalue weighted by molar-refractivity contribution is -0.149. The van der Waals surface area contributed by atoms with E-state index in [0.29, 0.717) is 16.9 Å². The quantitative estimate of drug-likeness (QED) is 0.0922. The van der Waals surface area contributed by atoms with Gasteiger partial charge in [-0.1, -0.05) is 51.7 Å². The van der Waals surface area contributed by atoms with Crippen LogP contribution in [0, 0.1) is 25.2 Å². The van der Waals surface area contributed by atoms with Crippen molar-refractivity contribution >= 4 is 23.5 Å². The molecule has 0 N–H and O–H groups in total. The Bertz CT molecular complexity index is 1110. The Balaban J connectivity index is 2.31. The van der Waals surface area contributed by atoms with Gasteiger partial charge in [0.25, 0.3) is 0 Å². The number of thioether (sulfide) groups is 1.